The maximum Gasteiger partial charge on any atom is 0.138 e. The van der Waals surface area contributed by atoms with Gasteiger partial charge in [0.1, 0.15) is 17.0 Å². The van der Waals surface area contributed by atoms with Crippen LogP contribution in [-0.4, -0.2) is 9.97 Å². The van der Waals surface area contributed by atoms with E-state index in [0.29, 0.717) is 0 Å². The number of aryl methyl sites for hydroxylation is 2. The lowest BCUT2D eigenvalue weighted by molar-refractivity contribution is 0.876. The molecule has 0 aliphatic carbocycles. The number of nitrogens with one attached hydrogen (secondary N) is 1. The second-order valence-electron chi connectivity index (χ2n) is 4.96. The van der Waals surface area contributed by atoms with Crippen LogP contribution in [0.25, 0.3) is 10.2 Å². The highest BCUT2D eigenvalue weighted by Gasteiger charge is 2.14. The van der Waals surface area contributed by atoms with E-state index in [4.69, 9.17) is 0 Å². The van der Waals surface area contributed by atoms with Crippen LogP contribution in [0.2, 0.25) is 0 Å². The molecule has 1 N–H and O–H groups in total. The predicted molar refractivity (Wildman–Crippen MR) is 85.4 cm³/mol. The van der Waals surface area contributed by atoms with Crippen LogP contribution in [0.15, 0.2) is 36.7 Å². The molecule has 0 spiro atoms. The summed E-state index contributed by atoms with van der Waals surface area (Å²) in [7, 11) is 0. The van der Waals surface area contributed by atoms with Crippen LogP contribution in [0.3, 0.4) is 0 Å². The van der Waals surface area contributed by atoms with Gasteiger partial charge in [0.2, 0.25) is 0 Å². The Kier molecular flexibility index (Phi) is 3.40. The molecule has 1 atom stereocenters. The standard InChI is InChI=1S/C16H17N3S/c1-10-12(3)20-16-14(10)15(17-9-18-16)19-11(2)13-7-5-4-6-8-13/h4-9,11H,1-3H3,(H,17,18,19)/t11-/m0/s1. The molecule has 1 aromatic carbocycles. The number of benzene rings is 1. The Bertz CT molecular complexity index is 734. The molecule has 3 aromatic rings. The lowest BCUT2D eigenvalue weighted by atomic mass is 10.1. The first-order chi connectivity index (χ1) is 9.66. The molecule has 0 amide bonds. The average Bonchev–Trinajstić information content (AvgIpc) is 2.76. The molecule has 0 fully saturated rings. The van der Waals surface area contributed by atoms with E-state index in [1.165, 1.54) is 16.0 Å². The molecule has 4 heteroatoms. The maximum atomic E-state index is 4.43. The summed E-state index contributed by atoms with van der Waals surface area (Å²) in [6.45, 7) is 6.42. The molecular weight excluding hydrogens is 266 g/mol. The number of rotatable bonds is 3. The molecule has 2 heterocycles. The van der Waals surface area contributed by atoms with Gasteiger partial charge in [-0.05, 0) is 31.9 Å². The summed E-state index contributed by atoms with van der Waals surface area (Å²) in [5, 5.41) is 4.66. The Morgan fingerprint density at radius 3 is 2.60 bits per heavy atom. The Morgan fingerprint density at radius 1 is 1.10 bits per heavy atom. The van der Waals surface area contributed by atoms with Crippen LogP contribution in [0.4, 0.5) is 5.82 Å². The van der Waals surface area contributed by atoms with Gasteiger partial charge in [-0.25, -0.2) is 9.97 Å². The van der Waals surface area contributed by atoms with Crippen molar-refractivity contribution in [1.82, 2.24) is 9.97 Å². The van der Waals surface area contributed by atoms with Gasteiger partial charge in [0.25, 0.3) is 0 Å². The molecule has 0 radical (unpaired) electrons. The molecule has 0 unspecified atom stereocenters. The summed E-state index contributed by atoms with van der Waals surface area (Å²) in [6, 6.07) is 10.6. The smallest absolute Gasteiger partial charge is 0.138 e. The number of nitrogens with zero attached hydrogens (tertiary/aromatic N) is 2. The van der Waals surface area contributed by atoms with Gasteiger partial charge in [-0.2, -0.15) is 0 Å². The van der Waals surface area contributed by atoms with E-state index < -0.39 is 0 Å². The summed E-state index contributed by atoms with van der Waals surface area (Å²) in [4.78, 5) is 11.2. The molecule has 3 nitrogen and oxygen atoms in total. The fraction of sp³-hybridized carbons (Fsp3) is 0.250. The van der Waals surface area contributed by atoms with Crippen LogP contribution in [0, 0.1) is 13.8 Å². The van der Waals surface area contributed by atoms with Crippen molar-refractivity contribution < 1.29 is 0 Å². The first kappa shape index (κ1) is 13.1. The summed E-state index contributed by atoms with van der Waals surface area (Å²) < 4.78 is 0. The first-order valence-corrected chi connectivity index (χ1v) is 7.50. The summed E-state index contributed by atoms with van der Waals surface area (Å²) in [6.07, 6.45) is 1.64. The quantitative estimate of drug-likeness (QED) is 0.770. The summed E-state index contributed by atoms with van der Waals surface area (Å²) >= 11 is 1.72. The van der Waals surface area contributed by atoms with Gasteiger partial charge in [0.05, 0.1) is 5.39 Å². The van der Waals surface area contributed by atoms with Gasteiger partial charge >= 0.3 is 0 Å². The third kappa shape index (κ3) is 2.27. The molecule has 0 bridgehead atoms. The molecule has 0 saturated carbocycles. The zero-order valence-corrected chi connectivity index (χ0v) is 12.7. The van der Waals surface area contributed by atoms with Crippen molar-refractivity contribution in [3.05, 3.63) is 52.7 Å². The highest BCUT2D eigenvalue weighted by Crippen LogP contribution is 2.33. The summed E-state index contributed by atoms with van der Waals surface area (Å²) in [5.41, 5.74) is 2.53. The number of hydrogen-bond acceptors (Lipinski definition) is 4. The van der Waals surface area contributed by atoms with Crippen molar-refractivity contribution in [2.24, 2.45) is 0 Å². The van der Waals surface area contributed by atoms with E-state index in [2.05, 4.69) is 60.3 Å². The average molecular weight is 283 g/mol. The van der Waals surface area contributed by atoms with Crippen molar-refractivity contribution >= 4 is 27.4 Å². The van der Waals surface area contributed by atoms with E-state index in [0.717, 1.165) is 16.0 Å². The Morgan fingerprint density at radius 2 is 1.85 bits per heavy atom. The topological polar surface area (TPSA) is 37.8 Å². The van der Waals surface area contributed by atoms with E-state index in [9.17, 15) is 0 Å². The largest absolute Gasteiger partial charge is 0.363 e. The number of fused-ring (bicyclic) bond motifs is 1. The van der Waals surface area contributed by atoms with Crippen LogP contribution < -0.4 is 5.32 Å². The highest BCUT2D eigenvalue weighted by atomic mass is 32.1. The lowest BCUT2D eigenvalue weighted by Gasteiger charge is -2.15. The van der Waals surface area contributed by atoms with Gasteiger partial charge in [0.15, 0.2) is 0 Å². The van der Waals surface area contributed by atoms with Crippen LogP contribution >= 0.6 is 11.3 Å². The normalized spacial score (nSPS) is 12.6. The zero-order valence-electron chi connectivity index (χ0n) is 11.8. The van der Waals surface area contributed by atoms with Gasteiger partial charge < -0.3 is 5.32 Å². The van der Waals surface area contributed by atoms with Gasteiger partial charge in [-0.3, -0.25) is 0 Å². The molecule has 20 heavy (non-hydrogen) atoms. The van der Waals surface area contributed by atoms with Crippen molar-refractivity contribution in [3.8, 4) is 0 Å². The SMILES string of the molecule is Cc1sc2ncnc(N[C@@H](C)c3ccccc3)c2c1C. The molecule has 3 rings (SSSR count). The third-order valence-electron chi connectivity index (χ3n) is 3.62. The minimum atomic E-state index is 0.217. The van der Waals surface area contributed by atoms with E-state index in [1.54, 1.807) is 17.7 Å². The van der Waals surface area contributed by atoms with Crippen LogP contribution in [0.1, 0.15) is 29.0 Å². The van der Waals surface area contributed by atoms with Crippen molar-refractivity contribution in [2.75, 3.05) is 5.32 Å². The second kappa shape index (κ2) is 5.21. The van der Waals surface area contributed by atoms with Crippen LogP contribution in [0.5, 0.6) is 0 Å². The lowest BCUT2D eigenvalue weighted by Crippen LogP contribution is -2.08. The van der Waals surface area contributed by atoms with Gasteiger partial charge in [0, 0.05) is 10.9 Å². The number of hydrogen-bond donors (Lipinski definition) is 1. The minimum Gasteiger partial charge on any atom is -0.363 e. The van der Waals surface area contributed by atoms with Crippen molar-refractivity contribution in [3.63, 3.8) is 0 Å². The maximum absolute atomic E-state index is 4.43. The van der Waals surface area contributed by atoms with Gasteiger partial charge in [-0.15, -0.1) is 11.3 Å². The Hall–Kier alpha value is -1.94. The number of thiophene rings is 1. The third-order valence-corrected chi connectivity index (χ3v) is 4.73. The number of aromatic nitrogens is 2. The summed E-state index contributed by atoms with van der Waals surface area (Å²) in [5.74, 6) is 0.924. The predicted octanol–water partition coefficient (Wildman–Crippen LogP) is 4.48. The highest BCUT2D eigenvalue weighted by molar-refractivity contribution is 7.18. The molecule has 0 aliphatic rings. The second-order valence-corrected chi connectivity index (χ2v) is 6.17. The van der Waals surface area contributed by atoms with E-state index in [-0.39, 0.29) is 6.04 Å². The van der Waals surface area contributed by atoms with Crippen molar-refractivity contribution in [2.45, 2.75) is 26.8 Å². The Balaban J connectivity index is 1.99. The fourth-order valence-corrected chi connectivity index (χ4v) is 3.32. The zero-order chi connectivity index (χ0) is 14.1. The van der Waals surface area contributed by atoms with E-state index >= 15 is 0 Å². The molecular formula is C16H17N3S. The molecule has 102 valence electrons. The molecule has 2 aromatic heterocycles. The minimum absolute atomic E-state index is 0.217. The van der Waals surface area contributed by atoms with Crippen molar-refractivity contribution in [1.29, 1.82) is 0 Å². The monoisotopic (exact) mass is 283 g/mol. The first-order valence-electron chi connectivity index (χ1n) is 6.69. The van der Waals surface area contributed by atoms with E-state index in [1.807, 2.05) is 6.07 Å². The number of anilines is 1. The fourth-order valence-electron chi connectivity index (χ4n) is 2.32. The Labute approximate surface area is 122 Å². The van der Waals surface area contributed by atoms with Gasteiger partial charge in [-0.1, -0.05) is 30.3 Å². The molecule has 0 saturated heterocycles. The van der Waals surface area contributed by atoms with Crippen LogP contribution in [-0.2, 0) is 0 Å². The molecule has 0 aliphatic heterocycles.